The smallest absolute Gasteiger partial charge is 0.255 e. The summed E-state index contributed by atoms with van der Waals surface area (Å²) in [6.45, 7) is 5.57. The molecule has 0 saturated heterocycles. The lowest BCUT2D eigenvalue weighted by molar-refractivity contribution is -0.124. The minimum atomic E-state index is -0.436. The highest BCUT2D eigenvalue weighted by Gasteiger charge is 2.27. The maximum absolute atomic E-state index is 12.3. The van der Waals surface area contributed by atoms with Crippen molar-refractivity contribution >= 4 is 46.6 Å². The number of halogens is 2. The molecule has 1 heterocycles. The van der Waals surface area contributed by atoms with Gasteiger partial charge < -0.3 is 10.1 Å². The average molecular weight is 418 g/mol. The van der Waals surface area contributed by atoms with Crippen LogP contribution in [0.25, 0.3) is 0 Å². The maximum Gasteiger partial charge on any atom is 0.255 e. The fourth-order valence-electron chi connectivity index (χ4n) is 2.61. The van der Waals surface area contributed by atoms with E-state index in [1.807, 2.05) is 6.07 Å². The largest absolute Gasteiger partial charge is 0.438 e. The van der Waals surface area contributed by atoms with Crippen LogP contribution in [-0.2, 0) is 4.79 Å². The third kappa shape index (κ3) is 4.52. The van der Waals surface area contributed by atoms with Crippen molar-refractivity contribution in [2.45, 2.75) is 13.3 Å². The van der Waals surface area contributed by atoms with Crippen LogP contribution in [-0.4, -0.2) is 17.7 Å². The topological polar surface area (TPSA) is 79.8 Å². The molecule has 0 spiro atoms. The van der Waals surface area contributed by atoms with Crippen LogP contribution >= 0.6 is 23.2 Å². The molecule has 0 bridgehead atoms. The Labute approximate surface area is 172 Å². The van der Waals surface area contributed by atoms with Gasteiger partial charge in [0, 0.05) is 17.7 Å². The number of carbonyl (C=O) groups is 2. The van der Waals surface area contributed by atoms with Crippen LogP contribution in [0.2, 0.25) is 10.0 Å². The van der Waals surface area contributed by atoms with Crippen LogP contribution in [0.3, 0.4) is 0 Å². The van der Waals surface area contributed by atoms with Crippen LogP contribution in [0.4, 0.5) is 5.69 Å². The fraction of sp³-hybridized carbons (Fsp3) is 0.150. The molecule has 2 aromatic rings. The van der Waals surface area contributed by atoms with E-state index in [4.69, 9.17) is 27.9 Å². The zero-order valence-electron chi connectivity index (χ0n) is 15.0. The molecule has 1 atom stereocenters. The van der Waals surface area contributed by atoms with Gasteiger partial charge >= 0.3 is 0 Å². The van der Waals surface area contributed by atoms with Crippen molar-refractivity contribution in [2.75, 3.05) is 5.32 Å². The lowest BCUT2D eigenvalue weighted by Gasteiger charge is -2.22. The molecule has 6 nitrogen and oxygen atoms in total. The summed E-state index contributed by atoms with van der Waals surface area (Å²) in [6.07, 6.45) is 0.250. The summed E-state index contributed by atoms with van der Waals surface area (Å²) in [6, 6.07) is 11.8. The van der Waals surface area contributed by atoms with Gasteiger partial charge in [-0.05, 0) is 31.2 Å². The van der Waals surface area contributed by atoms with Gasteiger partial charge in [-0.3, -0.25) is 9.59 Å². The molecule has 1 unspecified atom stereocenters. The fourth-order valence-corrected chi connectivity index (χ4v) is 3.18. The van der Waals surface area contributed by atoms with Crippen LogP contribution in [0.15, 0.2) is 59.7 Å². The van der Waals surface area contributed by atoms with Crippen molar-refractivity contribution < 1.29 is 14.3 Å². The number of rotatable bonds is 4. The summed E-state index contributed by atoms with van der Waals surface area (Å²) in [5.74, 6) is -0.510. The predicted octanol–water partition coefficient (Wildman–Crippen LogP) is 4.65. The molecule has 144 valence electrons. The zero-order valence-corrected chi connectivity index (χ0v) is 16.5. The Bertz CT molecular complexity index is 951. The Hall–Kier alpha value is -2.83. The molecule has 0 aliphatic carbocycles. The molecule has 8 heteroatoms. The standard InChI is InChI=1S/C20H17Cl2N3O3/c1-11(2)14-10-17(24-25-20(14)27)28-18-15(21)8-13(9-16(18)22)23-19(26)12-6-4-3-5-7-12/h3-9,14H,1,10H2,2H3,(H,23,26)(H,25,27). The summed E-state index contributed by atoms with van der Waals surface area (Å²) < 4.78 is 5.71. The van der Waals surface area contributed by atoms with Gasteiger partial charge in [-0.25, -0.2) is 5.43 Å². The van der Waals surface area contributed by atoms with Gasteiger partial charge in [-0.2, -0.15) is 0 Å². The normalized spacial score (nSPS) is 16.0. The summed E-state index contributed by atoms with van der Waals surface area (Å²) in [5, 5.41) is 7.03. The van der Waals surface area contributed by atoms with E-state index in [0.717, 1.165) is 0 Å². The quantitative estimate of drug-likeness (QED) is 0.710. The van der Waals surface area contributed by atoms with Gasteiger partial charge in [0.25, 0.3) is 5.91 Å². The highest BCUT2D eigenvalue weighted by molar-refractivity contribution is 6.38. The zero-order chi connectivity index (χ0) is 20.3. The molecular formula is C20H17Cl2N3O3. The lowest BCUT2D eigenvalue weighted by Crippen LogP contribution is -2.36. The first-order valence-corrected chi connectivity index (χ1v) is 9.16. The molecule has 3 rings (SSSR count). The number of ether oxygens (including phenoxy) is 1. The number of nitrogens with one attached hydrogen (secondary N) is 2. The Balaban J connectivity index is 1.76. The van der Waals surface area contributed by atoms with Crippen molar-refractivity contribution in [1.29, 1.82) is 0 Å². The highest BCUT2D eigenvalue weighted by atomic mass is 35.5. The monoisotopic (exact) mass is 417 g/mol. The molecule has 0 saturated carbocycles. The summed E-state index contributed by atoms with van der Waals surface area (Å²) in [5.41, 5.74) is 4.03. The Kier molecular flexibility index (Phi) is 6.02. The third-order valence-corrected chi connectivity index (χ3v) is 4.65. The molecule has 2 N–H and O–H groups in total. The number of anilines is 1. The number of amides is 2. The van der Waals surface area contributed by atoms with Crippen molar-refractivity contribution in [3.63, 3.8) is 0 Å². The highest BCUT2D eigenvalue weighted by Crippen LogP contribution is 2.37. The molecule has 1 aliphatic rings. The summed E-state index contributed by atoms with van der Waals surface area (Å²) in [7, 11) is 0. The molecule has 0 radical (unpaired) electrons. The van der Waals surface area contributed by atoms with Crippen molar-refractivity contribution in [1.82, 2.24) is 5.43 Å². The van der Waals surface area contributed by atoms with Gasteiger partial charge in [0.15, 0.2) is 5.75 Å². The Morgan fingerprint density at radius 1 is 1.25 bits per heavy atom. The third-order valence-electron chi connectivity index (χ3n) is 4.09. The molecule has 2 amide bonds. The number of nitrogens with zero attached hydrogens (tertiary/aromatic N) is 1. The Morgan fingerprint density at radius 2 is 1.89 bits per heavy atom. The van der Waals surface area contributed by atoms with Crippen LogP contribution in [0, 0.1) is 5.92 Å². The number of carbonyl (C=O) groups excluding carboxylic acids is 2. The van der Waals surface area contributed by atoms with Gasteiger partial charge in [0.05, 0.1) is 16.0 Å². The van der Waals surface area contributed by atoms with Crippen molar-refractivity contribution in [3.05, 3.63) is 70.2 Å². The van der Waals surface area contributed by atoms with E-state index in [-0.39, 0.29) is 39.9 Å². The predicted molar refractivity (Wildman–Crippen MR) is 110 cm³/mol. The van der Waals surface area contributed by atoms with Crippen LogP contribution < -0.4 is 15.5 Å². The van der Waals surface area contributed by atoms with E-state index < -0.39 is 5.92 Å². The van der Waals surface area contributed by atoms with E-state index in [2.05, 4.69) is 22.4 Å². The van der Waals surface area contributed by atoms with Gasteiger partial charge in [-0.1, -0.05) is 53.6 Å². The molecule has 1 aliphatic heterocycles. The van der Waals surface area contributed by atoms with Crippen LogP contribution in [0.1, 0.15) is 23.7 Å². The summed E-state index contributed by atoms with van der Waals surface area (Å²) >= 11 is 12.6. The van der Waals surface area contributed by atoms with E-state index in [0.29, 0.717) is 16.8 Å². The second-order valence-corrected chi connectivity index (χ2v) is 7.09. The van der Waals surface area contributed by atoms with Gasteiger partial charge in [-0.15, -0.1) is 5.10 Å². The minimum absolute atomic E-state index is 0.191. The number of hydrazone groups is 1. The maximum atomic E-state index is 12.3. The summed E-state index contributed by atoms with van der Waals surface area (Å²) in [4.78, 5) is 24.1. The van der Waals surface area contributed by atoms with Crippen molar-refractivity contribution in [3.8, 4) is 5.75 Å². The molecule has 28 heavy (non-hydrogen) atoms. The lowest BCUT2D eigenvalue weighted by atomic mass is 9.96. The molecule has 0 fully saturated rings. The minimum Gasteiger partial charge on any atom is -0.438 e. The second-order valence-electron chi connectivity index (χ2n) is 6.28. The molecular weight excluding hydrogens is 401 g/mol. The van der Waals surface area contributed by atoms with E-state index in [1.165, 1.54) is 12.1 Å². The van der Waals surface area contributed by atoms with Crippen LogP contribution in [0.5, 0.6) is 5.75 Å². The van der Waals surface area contributed by atoms with Gasteiger partial charge in [0.1, 0.15) is 0 Å². The number of hydrogen-bond acceptors (Lipinski definition) is 4. The number of hydrogen-bond donors (Lipinski definition) is 2. The first-order valence-electron chi connectivity index (χ1n) is 8.40. The van der Waals surface area contributed by atoms with E-state index in [9.17, 15) is 9.59 Å². The van der Waals surface area contributed by atoms with E-state index in [1.54, 1.807) is 31.2 Å². The second kappa shape index (κ2) is 8.46. The average Bonchev–Trinajstić information content (AvgIpc) is 2.66. The van der Waals surface area contributed by atoms with E-state index >= 15 is 0 Å². The number of benzene rings is 2. The SMILES string of the molecule is C=C(C)C1CC(Oc2c(Cl)cc(NC(=O)c3ccccc3)cc2Cl)=NNC1=O. The van der Waals surface area contributed by atoms with Crippen molar-refractivity contribution in [2.24, 2.45) is 11.0 Å². The van der Waals surface area contributed by atoms with Gasteiger partial charge in [0.2, 0.25) is 11.8 Å². The first kappa shape index (κ1) is 19.9. The Morgan fingerprint density at radius 3 is 2.50 bits per heavy atom. The first-order chi connectivity index (χ1) is 13.3. The molecule has 2 aromatic carbocycles. The molecule has 0 aromatic heterocycles.